The number of rotatable bonds is 6. The van der Waals surface area contributed by atoms with E-state index in [1.165, 1.54) is 12.1 Å². The van der Waals surface area contributed by atoms with Gasteiger partial charge in [0.2, 0.25) is 0 Å². The van der Waals surface area contributed by atoms with Crippen LogP contribution in [-0.2, 0) is 9.53 Å². The molecule has 1 aliphatic heterocycles. The molecule has 1 aromatic carbocycles. The van der Waals surface area contributed by atoms with E-state index in [-0.39, 0.29) is 22.0 Å². The van der Waals surface area contributed by atoms with E-state index >= 15 is 0 Å². The van der Waals surface area contributed by atoms with Crippen molar-refractivity contribution < 1.29 is 18.4 Å². The number of ether oxygens (including phenoxy) is 1. The van der Waals surface area contributed by atoms with Crippen molar-refractivity contribution in [3.63, 3.8) is 0 Å². The van der Waals surface area contributed by atoms with Gasteiger partial charge in [0.15, 0.2) is 10.9 Å². The lowest BCUT2D eigenvalue weighted by atomic mass is 9.93. The minimum Gasteiger partial charge on any atom is -0.383 e. The zero-order chi connectivity index (χ0) is 21.1. The van der Waals surface area contributed by atoms with Gasteiger partial charge < -0.3 is 24.8 Å². The number of halogens is 2. The molecule has 1 aromatic heterocycles. The first-order valence-electron chi connectivity index (χ1n) is 8.79. The van der Waals surface area contributed by atoms with E-state index in [0.29, 0.717) is 29.7 Å². The Labute approximate surface area is 177 Å². The number of methoxy groups -OCH3 is 1. The summed E-state index contributed by atoms with van der Waals surface area (Å²) in [5.41, 5.74) is 0.971. The molecule has 2 N–H and O–H groups in total. The maximum Gasteiger partial charge on any atom is 0.257 e. The van der Waals surface area contributed by atoms with Gasteiger partial charge in [0, 0.05) is 36.0 Å². The van der Waals surface area contributed by atoms with E-state index < -0.39 is 17.8 Å². The Kier molecular flexibility index (Phi) is 6.51. The number of carbonyl (C=O) groups is 1. The Morgan fingerprint density at radius 2 is 2.24 bits per heavy atom. The largest absolute Gasteiger partial charge is 0.383 e. The molecule has 0 saturated carbocycles. The van der Waals surface area contributed by atoms with Crippen molar-refractivity contribution in [1.82, 2.24) is 15.4 Å². The smallest absolute Gasteiger partial charge is 0.257 e. The second-order valence-electron chi connectivity index (χ2n) is 6.44. The highest BCUT2D eigenvalue weighted by atomic mass is 35.5. The van der Waals surface area contributed by atoms with Crippen LogP contribution in [0.2, 0.25) is 5.02 Å². The van der Waals surface area contributed by atoms with E-state index in [4.69, 9.17) is 33.1 Å². The van der Waals surface area contributed by atoms with Crippen LogP contribution >= 0.6 is 23.8 Å². The summed E-state index contributed by atoms with van der Waals surface area (Å²) >= 11 is 11.7. The second kappa shape index (κ2) is 8.89. The molecule has 1 aliphatic rings. The van der Waals surface area contributed by atoms with Gasteiger partial charge in [-0.2, -0.15) is 0 Å². The van der Waals surface area contributed by atoms with Crippen LogP contribution in [0.15, 0.2) is 40.1 Å². The van der Waals surface area contributed by atoms with Crippen LogP contribution in [0.3, 0.4) is 0 Å². The summed E-state index contributed by atoms with van der Waals surface area (Å²) < 4.78 is 24.8. The van der Waals surface area contributed by atoms with Crippen LogP contribution in [0.25, 0.3) is 0 Å². The Morgan fingerprint density at radius 1 is 1.48 bits per heavy atom. The number of thiocarbonyl (C=S) groups is 1. The molecule has 7 nitrogen and oxygen atoms in total. The van der Waals surface area contributed by atoms with E-state index in [0.717, 1.165) is 0 Å². The van der Waals surface area contributed by atoms with E-state index in [2.05, 4.69) is 15.8 Å². The molecular formula is C19H20ClFN4O3S. The quantitative estimate of drug-likeness (QED) is 0.667. The van der Waals surface area contributed by atoms with Gasteiger partial charge in [-0.1, -0.05) is 22.8 Å². The fraction of sp³-hybridized carbons (Fsp3) is 0.316. The number of aryl methyl sites for hydroxylation is 1. The van der Waals surface area contributed by atoms with Crippen LogP contribution in [0.4, 0.5) is 10.2 Å². The molecule has 0 spiro atoms. The first-order valence-corrected chi connectivity index (χ1v) is 9.58. The van der Waals surface area contributed by atoms with E-state index in [1.54, 1.807) is 38.0 Å². The van der Waals surface area contributed by atoms with Gasteiger partial charge in [0.25, 0.3) is 5.91 Å². The van der Waals surface area contributed by atoms with Gasteiger partial charge in [-0.15, -0.1) is 0 Å². The molecule has 3 rings (SSSR count). The molecule has 0 saturated heterocycles. The van der Waals surface area contributed by atoms with Gasteiger partial charge in [-0.05, 0) is 38.2 Å². The lowest BCUT2D eigenvalue weighted by Crippen LogP contribution is -2.49. The molecule has 1 amide bonds. The van der Waals surface area contributed by atoms with Crippen LogP contribution in [0.5, 0.6) is 0 Å². The summed E-state index contributed by atoms with van der Waals surface area (Å²) in [6.45, 7) is 4.27. The summed E-state index contributed by atoms with van der Waals surface area (Å²) in [7, 11) is 1.57. The van der Waals surface area contributed by atoms with Crippen LogP contribution < -0.4 is 10.6 Å². The fourth-order valence-electron chi connectivity index (χ4n) is 3.14. The number of hydrogen-bond acceptors (Lipinski definition) is 5. The minimum absolute atomic E-state index is 0.142. The number of allylic oxidation sites excluding steroid dienone is 1. The topological polar surface area (TPSA) is 79.6 Å². The van der Waals surface area contributed by atoms with Crippen LogP contribution in [0.1, 0.15) is 24.3 Å². The Bertz CT molecular complexity index is 958. The third kappa shape index (κ3) is 4.42. The molecule has 10 heteroatoms. The van der Waals surface area contributed by atoms with Crippen LogP contribution in [-0.4, -0.2) is 41.3 Å². The first kappa shape index (κ1) is 21.2. The molecule has 0 radical (unpaired) electrons. The number of aromatic nitrogens is 1. The number of nitrogens with zero attached hydrogens (tertiary/aromatic N) is 2. The monoisotopic (exact) mass is 438 g/mol. The molecule has 29 heavy (non-hydrogen) atoms. The number of amides is 1. The van der Waals surface area contributed by atoms with Crippen molar-refractivity contribution in [3.8, 4) is 0 Å². The summed E-state index contributed by atoms with van der Waals surface area (Å²) in [4.78, 5) is 14.9. The highest BCUT2D eigenvalue weighted by molar-refractivity contribution is 7.80. The van der Waals surface area contributed by atoms with Crippen molar-refractivity contribution in [3.05, 3.63) is 57.7 Å². The number of nitrogens with one attached hydrogen (secondary N) is 2. The Balaban J connectivity index is 2.07. The standard InChI is InChI=1S/C19H20ClFN4O3S/c1-10-9-14(24-28-10)22-18(26)15-11(2)25(7-8-27-3)19(29)23-17(15)16-12(20)5-4-6-13(16)21/h4-6,9,17H,7-8H2,1-3H3,(H,23,29)(H,22,24,26). The van der Waals surface area contributed by atoms with E-state index in [9.17, 15) is 9.18 Å². The molecule has 2 aromatic rings. The number of hydrogen-bond donors (Lipinski definition) is 2. The lowest BCUT2D eigenvalue weighted by Gasteiger charge is -2.38. The molecule has 0 aliphatic carbocycles. The molecule has 154 valence electrons. The van der Waals surface area contributed by atoms with Gasteiger partial charge in [0.1, 0.15) is 11.6 Å². The normalized spacial score (nSPS) is 16.8. The summed E-state index contributed by atoms with van der Waals surface area (Å²) in [6, 6.07) is 5.07. The van der Waals surface area contributed by atoms with Crippen molar-refractivity contribution in [2.75, 3.05) is 25.6 Å². The van der Waals surface area contributed by atoms with Crippen molar-refractivity contribution in [2.24, 2.45) is 0 Å². The number of carbonyl (C=O) groups excluding carboxylic acids is 1. The zero-order valence-electron chi connectivity index (χ0n) is 16.1. The molecule has 0 fully saturated rings. The van der Waals surface area contributed by atoms with Crippen molar-refractivity contribution in [1.29, 1.82) is 0 Å². The van der Waals surface area contributed by atoms with Crippen molar-refractivity contribution in [2.45, 2.75) is 19.9 Å². The highest BCUT2D eigenvalue weighted by Gasteiger charge is 2.36. The fourth-order valence-corrected chi connectivity index (χ4v) is 3.76. The molecule has 0 bridgehead atoms. The Morgan fingerprint density at radius 3 is 2.86 bits per heavy atom. The molecular weight excluding hydrogens is 419 g/mol. The second-order valence-corrected chi connectivity index (χ2v) is 7.23. The average Bonchev–Trinajstić information content (AvgIpc) is 3.06. The molecule has 2 heterocycles. The maximum atomic E-state index is 14.7. The van der Waals surface area contributed by atoms with Crippen LogP contribution in [0, 0.1) is 12.7 Å². The first-order chi connectivity index (χ1) is 13.8. The van der Waals surface area contributed by atoms with Gasteiger partial charge in [-0.25, -0.2) is 4.39 Å². The van der Waals surface area contributed by atoms with E-state index in [1.807, 2.05) is 0 Å². The summed E-state index contributed by atoms with van der Waals surface area (Å²) in [6.07, 6.45) is 0. The summed E-state index contributed by atoms with van der Waals surface area (Å²) in [5.74, 6) is -0.219. The third-order valence-electron chi connectivity index (χ3n) is 4.52. The maximum absolute atomic E-state index is 14.7. The SMILES string of the molecule is COCCN1C(=S)NC(c2c(F)cccc2Cl)C(C(=O)Nc2cc(C)on2)=C1C. The molecule has 1 atom stereocenters. The zero-order valence-corrected chi connectivity index (χ0v) is 17.7. The minimum atomic E-state index is -0.872. The van der Waals surface area contributed by atoms with Gasteiger partial charge in [-0.3, -0.25) is 4.79 Å². The van der Waals surface area contributed by atoms with Crippen molar-refractivity contribution >= 4 is 40.7 Å². The highest BCUT2D eigenvalue weighted by Crippen LogP contribution is 2.36. The predicted octanol–water partition coefficient (Wildman–Crippen LogP) is 3.57. The van der Waals surface area contributed by atoms with Gasteiger partial charge in [0.05, 0.1) is 18.2 Å². The molecule has 1 unspecified atom stereocenters. The predicted molar refractivity (Wildman–Crippen MR) is 111 cm³/mol. The summed E-state index contributed by atoms with van der Waals surface area (Å²) in [5, 5.41) is 10.0. The Hall–Kier alpha value is -2.49. The average molecular weight is 439 g/mol. The number of anilines is 1. The lowest BCUT2D eigenvalue weighted by molar-refractivity contribution is -0.113. The third-order valence-corrected chi connectivity index (χ3v) is 5.19. The number of benzene rings is 1. The van der Waals surface area contributed by atoms with Gasteiger partial charge >= 0.3 is 0 Å².